The number of aromatic nitrogens is 1. The van der Waals surface area contributed by atoms with Crippen molar-refractivity contribution in [3.05, 3.63) is 52.7 Å². The van der Waals surface area contributed by atoms with Crippen LogP contribution in [0, 0.1) is 19.7 Å². The lowest BCUT2D eigenvalue weighted by molar-refractivity contribution is -0.131. The molecular weight excluding hydrogens is 293 g/mol. The Morgan fingerprint density at radius 3 is 2.81 bits per heavy atom. The third kappa shape index (κ3) is 4.19. The summed E-state index contributed by atoms with van der Waals surface area (Å²) in [6.45, 7) is 3.68. The van der Waals surface area contributed by atoms with E-state index in [-0.39, 0.29) is 5.82 Å². The van der Waals surface area contributed by atoms with Crippen molar-refractivity contribution in [3.8, 4) is 0 Å². The molecule has 0 aliphatic heterocycles. The van der Waals surface area contributed by atoms with Crippen LogP contribution in [0.15, 0.2) is 33.9 Å². The second kappa shape index (κ2) is 6.58. The van der Waals surface area contributed by atoms with Crippen molar-refractivity contribution in [2.75, 3.05) is 0 Å². The van der Waals surface area contributed by atoms with Crippen molar-refractivity contribution >= 4 is 23.8 Å². The molecule has 2 aromatic rings. The number of aliphatic carboxylic acids is 1. The number of carboxylic acid groups (broad SMARTS) is 1. The molecule has 1 aromatic carbocycles. The Kier molecular flexibility index (Phi) is 4.80. The summed E-state index contributed by atoms with van der Waals surface area (Å²) < 4.78 is 19.3. The lowest BCUT2D eigenvalue weighted by Gasteiger charge is -2.02. The number of nitrogens with zero attached hydrogens (tertiary/aromatic N) is 1. The molecule has 0 unspecified atom stereocenters. The fourth-order valence-corrected chi connectivity index (χ4v) is 2.49. The van der Waals surface area contributed by atoms with Crippen LogP contribution in [0.4, 0.5) is 4.39 Å². The summed E-state index contributed by atoms with van der Waals surface area (Å²) in [6.07, 6.45) is 2.32. The van der Waals surface area contributed by atoms with Crippen molar-refractivity contribution in [1.82, 2.24) is 4.98 Å². The van der Waals surface area contributed by atoms with Gasteiger partial charge in [-0.15, -0.1) is 0 Å². The standard InChI is InChI=1S/C15H14FNO3S/c1-9-10(2)20-15(17-9)21-8-12-5-3-11(7-13(12)16)4-6-14(18)19/h3-7H,8H2,1-2H3,(H,18,19)/b6-4+. The summed E-state index contributed by atoms with van der Waals surface area (Å²) in [6, 6.07) is 4.61. The van der Waals surface area contributed by atoms with E-state index in [1.54, 1.807) is 12.1 Å². The maximum Gasteiger partial charge on any atom is 0.328 e. The predicted molar refractivity (Wildman–Crippen MR) is 78.6 cm³/mol. The first-order chi connectivity index (χ1) is 9.95. The Balaban J connectivity index is 2.05. The van der Waals surface area contributed by atoms with E-state index in [4.69, 9.17) is 9.52 Å². The number of halogens is 1. The zero-order chi connectivity index (χ0) is 15.4. The summed E-state index contributed by atoms with van der Waals surface area (Å²) in [5, 5.41) is 9.05. The molecule has 0 bridgehead atoms. The molecule has 110 valence electrons. The SMILES string of the molecule is Cc1nc(SCc2ccc(/C=C/C(=O)O)cc2F)oc1C. The monoisotopic (exact) mass is 307 g/mol. The molecule has 0 radical (unpaired) electrons. The molecule has 1 heterocycles. The average Bonchev–Trinajstić information content (AvgIpc) is 2.74. The largest absolute Gasteiger partial charge is 0.478 e. The van der Waals surface area contributed by atoms with Crippen LogP contribution in [0.3, 0.4) is 0 Å². The van der Waals surface area contributed by atoms with Gasteiger partial charge in [-0.25, -0.2) is 14.2 Å². The minimum atomic E-state index is -1.07. The highest BCUT2D eigenvalue weighted by molar-refractivity contribution is 7.98. The first-order valence-electron chi connectivity index (χ1n) is 6.22. The summed E-state index contributed by atoms with van der Waals surface area (Å²) in [5.41, 5.74) is 1.85. The quantitative estimate of drug-likeness (QED) is 0.672. The number of aryl methyl sites for hydroxylation is 2. The summed E-state index contributed by atoms with van der Waals surface area (Å²) in [7, 11) is 0. The van der Waals surface area contributed by atoms with Crippen molar-refractivity contribution < 1.29 is 18.7 Å². The lowest BCUT2D eigenvalue weighted by atomic mass is 10.1. The van der Waals surface area contributed by atoms with Gasteiger partial charge in [0.25, 0.3) is 5.22 Å². The van der Waals surface area contributed by atoms with Gasteiger partial charge in [-0.1, -0.05) is 23.9 Å². The summed E-state index contributed by atoms with van der Waals surface area (Å²) >= 11 is 1.32. The second-order valence-electron chi connectivity index (χ2n) is 4.43. The minimum absolute atomic E-state index is 0.380. The van der Waals surface area contributed by atoms with Crippen LogP contribution in [0.1, 0.15) is 22.6 Å². The van der Waals surface area contributed by atoms with Crippen LogP contribution in [0.5, 0.6) is 0 Å². The number of hydrogen-bond donors (Lipinski definition) is 1. The van der Waals surface area contributed by atoms with Crippen LogP contribution in [-0.4, -0.2) is 16.1 Å². The van der Waals surface area contributed by atoms with Gasteiger partial charge in [0.2, 0.25) is 0 Å². The first kappa shape index (κ1) is 15.3. The number of rotatable bonds is 5. The first-order valence-corrected chi connectivity index (χ1v) is 7.20. The number of oxazole rings is 1. The predicted octanol–water partition coefficient (Wildman–Crippen LogP) is 3.82. The topological polar surface area (TPSA) is 63.3 Å². The van der Waals surface area contributed by atoms with E-state index < -0.39 is 5.97 Å². The molecule has 0 amide bonds. The van der Waals surface area contributed by atoms with E-state index in [0.29, 0.717) is 22.1 Å². The van der Waals surface area contributed by atoms with E-state index in [1.807, 2.05) is 13.8 Å². The summed E-state index contributed by atoms with van der Waals surface area (Å²) in [4.78, 5) is 14.6. The fraction of sp³-hybridized carbons (Fsp3) is 0.200. The lowest BCUT2D eigenvalue weighted by Crippen LogP contribution is -1.90. The van der Waals surface area contributed by atoms with Crippen molar-refractivity contribution in [2.24, 2.45) is 0 Å². The Labute approximate surface area is 125 Å². The number of benzene rings is 1. The Hall–Kier alpha value is -2.08. The maximum atomic E-state index is 13.9. The smallest absolute Gasteiger partial charge is 0.328 e. The molecular formula is C15H14FNO3S. The van der Waals surface area contributed by atoms with Crippen molar-refractivity contribution in [2.45, 2.75) is 24.8 Å². The number of carboxylic acids is 1. The van der Waals surface area contributed by atoms with Crippen LogP contribution >= 0.6 is 11.8 Å². The highest BCUT2D eigenvalue weighted by Crippen LogP contribution is 2.25. The molecule has 1 N–H and O–H groups in total. The van der Waals surface area contributed by atoms with Crippen LogP contribution in [-0.2, 0) is 10.5 Å². The van der Waals surface area contributed by atoms with E-state index in [9.17, 15) is 9.18 Å². The molecule has 4 nitrogen and oxygen atoms in total. The Morgan fingerprint density at radius 2 is 2.24 bits per heavy atom. The normalized spacial score (nSPS) is 11.2. The zero-order valence-corrected chi connectivity index (χ0v) is 12.4. The van der Waals surface area contributed by atoms with Crippen molar-refractivity contribution in [1.29, 1.82) is 0 Å². The molecule has 1 aromatic heterocycles. The molecule has 2 rings (SSSR count). The van der Waals surface area contributed by atoms with Gasteiger partial charge in [-0.3, -0.25) is 0 Å². The van der Waals surface area contributed by atoms with Gasteiger partial charge in [-0.2, -0.15) is 0 Å². The van der Waals surface area contributed by atoms with Gasteiger partial charge in [0, 0.05) is 11.8 Å². The second-order valence-corrected chi connectivity index (χ2v) is 5.36. The van der Waals surface area contributed by atoms with Crippen LogP contribution in [0.2, 0.25) is 0 Å². The number of carbonyl (C=O) groups is 1. The van der Waals surface area contributed by atoms with Gasteiger partial charge in [0.1, 0.15) is 11.6 Å². The summed E-state index contributed by atoms with van der Waals surface area (Å²) in [5.74, 6) is -0.291. The van der Waals surface area contributed by atoms with Gasteiger partial charge < -0.3 is 9.52 Å². The maximum absolute atomic E-state index is 13.9. The van der Waals surface area contributed by atoms with Crippen molar-refractivity contribution in [3.63, 3.8) is 0 Å². The van der Waals surface area contributed by atoms with Crippen LogP contribution < -0.4 is 0 Å². The molecule has 21 heavy (non-hydrogen) atoms. The molecule has 0 spiro atoms. The van der Waals surface area contributed by atoms with E-state index in [0.717, 1.165) is 17.5 Å². The molecule has 0 aliphatic rings. The number of hydrogen-bond acceptors (Lipinski definition) is 4. The third-order valence-electron chi connectivity index (χ3n) is 2.86. The van der Waals surface area contributed by atoms with Crippen LogP contribution in [0.25, 0.3) is 6.08 Å². The van der Waals surface area contributed by atoms with Gasteiger partial charge >= 0.3 is 5.97 Å². The van der Waals surface area contributed by atoms with E-state index >= 15 is 0 Å². The molecule has 6 heteroatoms. The molecule has 0 fully saturated rings. The Bertz CT molecular complexity index is 675. The van der Waals surface area contributed by atoms with E-state index in [2.05, 4.69) is 4.98 Å². The zero-order valence-electron chi connectivity index (χ0n) is 11.6. The molecule has 0 atom stereocenters. The molecule has 0 aliphatic carbocycles. The van der Waals surface area contributed by atoms with Gasteiger partial charge in [-0.05, 0) is 37.1 Å². The van der Waals surface area contributed by atoms with Gasteiger partial charge in [0.15, 0.2) is 0 Å². The highest BCUT2D eigenvalue weighted by atomic mass is 32.2. The molecule has 0 saturated carbocycles. The minimum Gasteiger partial charge on any atom is -0.478 e. The number of thioether (sulfide) groups is 1. The fourth-order valence-electron chi connectivity index (χ4n) is 1.60. The average molecular weight is 307 g/mol. The Morgan fingerprint density at radius 1 is 1.48 bits per heavy atom. The highest BCUT2D eigenvalue weighted by Gasteiger charge is 2.09. The van der Waals surface area contributed by atoms with Gasteiger partial charge in [0.05, 0.1) is 5.69 Å². The van der Waals surface area contributed by atoms with E-state index in [1.165, 1.54) is 23.9 Å². The molecule has 0 saturated heterocycles. The third-order valence-corrected chi connectivity index (χ3v) is 3.73.